The molecule has 3 aromatic rings. The van der Waals surface area contributed by atoms with Crippen molar-refractivity contribution in [2.45, 2.75) is 32.9 Å². The average molecular weight is 517 g/mol. The second kappa shape index (κ2) is 11.8. The van der Waals surface area contributed by atoms with E-state index in [4.69, 9.17) is 4.74 Å². The van der Waals surface area contributed by atoms with Crippen molar-refractivity contribution in [3.63, 3.8) is 0 Å². The van der Waals surface area contributed by atoms with Gasteiger partial charge in [-0.2, -0.15) is 0 Å². The van der Waals surface area contributed by atoms with Crippen LogP contribution in [0.15, 0.2) is 59.1 Å². The SMILES string of the molecule is CCC(C)C(NC(=O)COCc1ccccc1)C(=O)Nc1nnc(-c2ccc(Br)cc2)s1. The fourth-order valence-corrected chi connectivity index (χ4v) is 3.94. The molecule has 0 radical (unpaired) electrons. The van der Waals surface area contributed by atoms with Crippen LogP contribution in [0, 0.1) is 5.92 Å². The van der Waals surface area contributed by atoms with Crippen LogP contribution in [0.1, 0.15) is 25.8 Å². The van der Waals surface area contributed by atoms with Crippen molar-refractivity contribution in [2.24, 2.45) is 5.92 Å². The van der Waals surface area contributed by atoms with Crippen molar-refractivity contribution in [1.29, 1.82) is 0 Å². The minimum Gasteiger partial charge on any atom is -0.367 e. The number of hydrogen-bond donors (Lipinski definition) is 2. The molecule has 0 fully saturated rings. The van der Waals surface area contributed by atoms with Gasteiger partial charge in [-0.15, -0.1) is 10.2 Å². The number of anilines is 1. The van der Waals surface area contributed by atoms with Gasteiger partial charge in [-0.3, -0.25) is 14.9 Å². The summed E-state index contributed by atoms with van der Waals surface area (Å²) in [5.41, 5.74) is 1.89. The molecule has 32 heavy (non-hydrogen) atoms. The van der Waals surface area contributed by atoms with Gasteiger partial charge < -0.3 is 10.1 Å². The molecule has 2 atom stereocenters. The molecule has 2 unspecified atom stereocenters. The summed E-state index contributed by atoms with van der Waals surface area (Å²) >= 11 is 4.69. The minimum absolute atomic E-state index is 0.0630. The Bertz CT molecular complexity index is 1030. The predicted octanol–water partition coefficient (Wildman–Crippen LogP) is 4.65. The Morgan fingerprint density at radius 2 is 1.81 bits per heavy atom. The molecule has 2 amide bonds. The third-order valence-corrected chi connectivity index (χ3v) is 6.32. The molecule has 2 aromatic carbocycles. The Balaban J connectivity index is 1.57. The van der Waals surface area contributed by atoms with E-state index in [2.05, 4.69) is 36.8 Å². The highest BCUT2D eigenvalue weighted by atomic mass is 79.9. The van der Waals surface area contributed by atoms with Gasteiger partial charge in [0.1, 0.15) is 17.7 Å². The Labute approximate surface area is 199 Å². The first-order chi connectivity index (χ1) is 15.5. The van der Waals surface area contributed by atoms with Gasteiger partial charge in [-0.05, 0) is 23.6 Å². The number of aromatic nitrogens is 2. The topological polar surface area (TPSA) is 93.2 Å². The summed E-state index contributed by atoms with van der Waals surface area (Å²) < 4.78 is 6.46. The van der Waals surface area contributed by atoms with E-state index >= 15 is 0 Å². The van der Waals surface area contributed by atoms with Gasteiger partial charge in [0.15, 0.2) is 0 Å². The van der Waals surface area contributed by atoms with Crippen LogP contribution in [0.25, 0.3) is 10.6 Å². The van der Waals surface area contributed by atoms with Gasteiger partial charge in [0.25, 0.3) is 0 Å². The van der Waals surface area contributed by atoms with Gasteiger partial charge in [-0.25, -0.2) is 0 Å². The number of carbonyl (C=O) groups excluding carboxylic acids is 2. The molecule has 1 heterocycles. The van der Waals surface area contributed by atoms with E-state index in [1.807, 2.05) is 68.4 Å². The molecule has 0 aliphatic carbocycles. The Morgan fingerprint density at radius 1 is 1.09 bits per heavy atom. The van der Waals surface area contributed by atoms with Crippen LogP contribution in [-0.4, -0.2) is 34.7 Å². The Kier molecular flexibility index (Phi) is 8.90. The number of ether oxygens (including phenoxy) is 1. The number of nitrogens with zero attached hydrogens (tertiary/aromatic N) is 2. The number of benzene rings is 2. The zero-order valence-electron chi connectivity index (χ0n) is 17.9. The first kappa shape index (κ1) is 24.0. The van der Waals surface area contributed by atoms with Crippen LogP contribution < -0.4 is 10.6 Å². The van der Waals surface area contributed by atoms with Gasteiger partial charge in [0, 0.05) is 10.0 Å². The molecule has 3 rings (SSSR count). The van der Waals surface area contributed by atoms with Crippen LogP contribution in [0.4, 0.5) is 5.13 Å². The van der Waals surface area contributed by atoms with Crippen LogP contribution in [0.3, 0.4) is 0 Å². The van der Waals surface area contributed by atoms with E-state index in [9.17, 15) is 9.59 Å². The largest absolute Gasteiger partial charge is 0.367 e. The van der Waals surface area contributed by atoms with E-state index in [0.29, 0.717) is 16.7 Å². The lowest BCUT2D eigenvalue weighted by molar-refractivity contribution is -0.131. The third kappa shape index (κ3) is 6.94. The molecule has 0 spiro atoms. The van der Waals surface area contributed by atoms with Crippen LogP contribution in [-0.2, 0) is 20.9 Å². The molecule has 0 bridgehead atoms. The number of hydrogen-bond acceptors (Lipinski definition) is 6. The zero-order chi connectivity index (χ0) is 22.9. The summed E-state index contributed by atoms with van der Waals surface area (Å²) in [6.07, 6.45) is 0.726. The highest BCUT2D eigenvalue weighted by Gasteiger charge is 2.27. The van der Waals surface area contributed by atoms with Crippen LogP contribution >= 0.6 is 27.3 Å². The maximum Gasteiger partial charge on any atom is 0.249 e. The maximum absolute atomic E-state index is 12.9. The van der Waals surface area contributed by atoms with E-state index in [-0.39, 0.29) is 24.3 Å². The Morgan fingerprint density at radius 3 is 2.50 bits per heavy atom. The van der Waals surface area contributed by atoms with Crippen molar-refractivity contribution < 1.29 is 14.3 Å². The summed E-state index contributed by atoms with van der Waals surface area (Å²) in [4.78, 5) is 25.3. The smallest absolute Gasteiger partial charge is 0.249 e. The lowest BCUT2D eigenvalue weighted by Gasteiger charge is -2.22. The average Bonchev–Trinajstić information content (AvgIpc) is 3.26. The lowest BCUT2D eigenvalue weighted by Crippen LogP contribution is -2.48. The predicted molar refractivity (Wildman–Crippen MR) is 129 cm³/mol. The van der Waals surface area contributed by atoms with Crippen molar-refractivity contribution in [3.8, 4) is 10.6 Å². The molecule has 0 aliphatic heterocycles. The second-order valence-electron chi connectivity index (χ2n) is 7.32. The number of rotatable bonds is 10. The number of nitrogens with one attached hydrogen (secondary N) is 2. The molecule has 0 saturated heterocycles. The fraction of sp³-hybridized carbons (Fsp3) is 0.304. The van der Waals surface area contributed by atoms with Crippen LogP contribution in [0.2, 0.25) is 0 Å². The van der Waals surface area contributed by atoms with Gasteiger partial charge >= 0.3 is 0 Å². The molecule has 168 valence electrons. The molecule has 0 aliphatic rings. The summed E-state index contributed by atoms with van der Waals surface area (Å²) in [6.45, 7) is 4.10. The monoisotopic (exact) mass is 516 g/mol. The van der Waals surface area contributed by atoms with Crippen molar-refractivity contribution >= 4 is 44.2 Å². The quantitative estimate of drug-likeness (QED) is 0.408. The minimum atomic E-state index is -0.701. The lowest BCUT2D eigenvalue weighted by atomic mass is 9.98. The molecule has 9 heteroatoms. The summed E-state index contributed by atoms with van der Waals surface area (Å²) in [7, 11) is 0. The third-order valence-electron chi connectivity index (χ3n) is 4.90. The van der Waals surface area contributed by atoms with E-state index in [1.165, 1.54) is 11.3 Å². The van der Waals surface area contributed by atoms with Gasteiger partial charge in [0.2, 0.25) is 16.9 Å². The molecular weight excluding hydrogens is 492 g/mol. The first-order valence-electron chi connectivity index (χ1n) is 10.3. The highest BCUT2D eigenvalue weighted by Crippen LogP contribution is 2.27. The van der Waals surface area contributed by atoms with Crippen LogP contribution in [0.5, 0.6) is 0 Å². The summed E-state index contributed by atoms with van der Waals surface area (Å²) in [5.74, 6) is -0.726. The van der Waals surface area contributed by atoms with E-state index in [0.717, 1.165) is 22.0 Å². The Hall–Kier alpha value is -2.62. The molecule has 1 aromatic heterocycles. The van der Waals surface area contributed by atoms with Crippen molar-refractivity contribution in [2.75, 3.05) is 11.9 Å². The zero-order valence-corrected chi connectivity index (χ0v) is 20.3. The van der Waals surface area contributed by atoms with Crippen molar-refractivity contribution in [1.82, 2.24) is 15.5 Å². The number of carbonyl (C=O) groups is 2. The van der Waals surface area contributed by atoms with Gasteiger partial charge in [-0.1, -0.05) is 90.0 Å². The van der Waals surface area contributed by atoms with E-state index in [1.54, 1.807) is 0 Å². The number of halogens is 1. The fourth-order valence-electron chi connectivity index (χ4n) is 2.92. The van der Waals surface area contributed by atoms with Gasteiger partial charge in [0.05, 0.1) is 6.61 Å². The van der Waals surface area contributed by atoms with Crippen molar-refractivity contribution in [3.05, 3.63) is 64.6 Å². The number of amides is 2. The summed E-state index contributed by atoms with van der Waals surface area (Å²) in [6, 6.07) is 16.6. The normalized spacial score (nSPS) is 12.7. The second-order valence-corrected chi connectivity index (χ2v) is 9.21. The summed E-state index contributed by atoms with van der Waals surface area (Å²) in [5, 5.41) is 14.9. The molecule has 2 N–H and O–H groups in total. The molecular formula is C23H25BrN4O3S. The molecule has 0 saturated carbocycles. The van der Waals surface area contributed by atoms with E-state index < -0.39 is 6.04 Å². The highest BCUT2D eigenvalue weighted by molar-refractivity contribution is 9.10. The standard InChI is InChI=1S/C23H25BrN4O3S/c1-3-15(2)20(25-19(29)14-31-13-16-7-5-4-6-8-16)21(30)26-23-28-27-22(32-23)17-9-11-18(24)12-10-17/h4-12,15,20H,3,13-14H2,1-2H3,(H,25,29)(H,26,28,30). The maximum atomic E-state index is 12.9. The molecule has 7 nitrogen and oxygen atoms in total. The first-order valence-corrected chi connectivity index (χ1v) is 11.9.